The molecule has 2 aromatic heterocycles. The molecule has 0 spiro atoms. The number of rotatable bonds is 4. The van der Waals surface area contributed by atoms with Gasteiger partial charge in [0.1, 0.15) is 5.69 Å². The van der Waals surface area contributed by atoms with Crippen molar-refractivity contribution in [2.45, 2.75) is 19.8 Å². The number of hydrogen-bond donors (Lipinski definition) is 2. The van der Waals surface area contributed by atoms with E-state index in [4.69, 9.17) is 0 Å². The van der Waals surface area contributed by atoms with Gasteiger partial charge in [-0.3, -0.25) is 14.9 Å². The Morgan fingerprint density at radius 1 is 1.47 bits per heavy atom. The van der Waals surface area contributed by atoms with Gasteiger partial charge in [0, 0.05) is 24.2 Å². The molecule has 0 bridgehead atoms. The smallest absolute Gasteiger partial charge is 0.277 e. The number of aromatic amines is 1. The Balaban J connectivity index is 2.03. The molecule has 2 N–H and O–H groups in total. The second kappa shape index (κ2) is 5.20. The summed E-state index contributed by atoms with van der Waals surface area (Å²) in [4.78, 5) is 19.4. The molecule has 6 nitrogen and oxygen atoms in total. The van der Waals surface area contributed by atoms with Crippen LogP contribution in [-0.2, 0) is 6.42 Å². The fourth-order valence-electron chi connectivity index (χ4n) is 1.42. The Kier molecular flexibility index (Phi) is 3.44. The number of nitrogens with one attached hydrogen (secondary N) is 2. The topological polar surface area (TPSA) is 83.6 Å². The van der Waals surface area contributed by atoms with E-state index in [0.717, 1.165) is 18.5 Å². The standard InChI is InChI=1S/C11H13N5O/c1-2-3-8-6-10(16-15-8)14-11(17)9-7-12-4-5-13-9/h4-7H,2-3H2,1H3,(H2,14,15,16,17). The summed E-state index contributed by atoms with van der Waals surface area (Å²) in [5.41, 5.74) is 1.27. The van der Waals surface area contributed by atoms with E-state index in [-0.39, 0.29) is 11.6 Å². The van der Waals surface area contributed by atoms with Gasteiger partial charge < -0.3 is 5.32 Å². The molecule has 17 heavy (non-hydrogen) atoms. The molecule has 0 atom stereocenters. The van der Waals surface area contributed by atoms with Crippen LogP contribution in [0.5, 0.6) is 0 Å². The van der Waals surface area contributed by atoms with E-state index >= 15 is 0 Å². The predicted octanol–water partition coefficient (Wildman–Crippen LogP) is 1.40. The number of anilines is 1. The van der Waals surface area contributed by atoms with Gasteiger partial charge in [-0.25, -0.2) is 4.98 Å². The van der Waals surface area contributed by atoms with Crippen molar-refractivity contribution in [2.24, 2.45) is 0 Å². The highest BCUT2D eigenvalue weighted by atomic mass is 16.1. The maximum Gasteiger partial charge on any atom is 0.277 e. The lowest BCUT2D eigenvalue weighted by molar-refractivity contribution is 0.102. The van der Waals surface area contributed by atoms with Gasteiger partial charge in [0.25, 0.3) is 5.91 Å². The van der Waals surface area contributed by atoms with Gasteiger partial charge in [-0.15, -0.1) is 0 Å². The van der Waals surface area contributed by atoms with Crippen LogP contribution in [-0.4, -0.2) is 26.1 Å². The average molecular weight is 231 g/mol. The number of amides is 1. The van der Waals surface area contributed by atoms with Gasteiger partial charge in [0.05, 0.1) is 6.20 Å². The van der Waals surface area contributed by atoms with Crippen LogP contribution in [0.4, 0.5) is 5.82 Å². The predicted molar refractivity (Wildman–Crippen MR) is 62.6 cm³/mol. The minimum atomic E-state index is -0.312. The SMILES string of the molecule is CCCc1cc(NC(=O)c2cnccn2)n[nH]1. The molecule has 2 rings (SSSR count). The first kappa shape index (κ1) is 11.3. The number of carbonyl (C=O) groups excluding carboxylic acids is 1. The van der Waals surface area contributed by atoms with Crippen molar-refractivity contribution in [1.29, 1.82) is 0 Å². The quantitative estimate of drug-likeness (QED) is 0.833. The average Bonchev–Trinajstić information content (AvgIpc) is 2.78. The summed E-state index contributed by atoms with van der Waals surface area (Å²) in [5.74, 6) is 0.191. The van der Waals surface area contributed by atoms with Crippen molar-refractivity contribution in [2.75, 3.05) is 5.32 Å². The number of nitrogens with zero attached hydrogens (tertiary/aromatic N) is 3. The summed E-state index contributed by atoms with van der Waals surface area (Å²) in [7, 11) is 0. The summed E-state index contributed by atoms with van der Waals surface area (Å²) < 4.78 is 0. The van der Waals surface area contributed by atoms with E-state index in [2.05, 4.69) is 32.4 Å². The second-order valence-corrected chi connectivity index (χ2v) is 3.57. The van der Waals surface area contributed by atoms with Gasteiger partial charge in [-0.2, -0.15) is 5.10 Å². The van der Waals surface area contributed by atoms with Gasteiger partial charge in [-0.05, 0) is 6.42 Å². The van der Waals surface area contributed by atoms with Crippen LogP contribution >= 0.6 is 0 Å². The molecule has 0 aliphatic rings. The third kappa shape index (κ3) is 2.87. The Labute approximate surface area is 98.5 Å². The molecule has 0 unspecified atom stereocenters. The molecule has 0 fully saturated rings. The monoisotopic (exact) mass is 231 g/mol. The molecule has 2 heterocycles. The summed E-state index contributed by atoms with van der Waals surface area (Å²) in [5, 5.41) is 9.51. The summed E-state index contributed by atoms with van der Waals surface area (Å²) in [6, 6.07) is 1.82. The highest BCUT2D eigenvalue weighted by Gasteiger charge is 2.09. The molecule has 0 aliphatic carbocycles. The van der Waals surface area contributed by atoms with E-state index < -0.39 is 0 Å². The zero-order chi connectivity index (χ0) is 12.1. The minimum Gasteiger partial charge on any atom is -0.304 e. The maximum atomic E-state index is 11.7. The molecule has 0 aliphatic heterocycles. The molecular formula is C11H13N5O. The van der Waals surface area contributed by atoms with Gasteiger partial charge >= 0.3 is 0 Å². The molecule has 88 valence electrons. The summed E-state index contributed by atoms with van der Waals surface area (Å²) >= 11 is 0. The zero-order valence-corrected chi connectivity index (χ0v) is 9.47. The number of aryl methyl sites for hydroxylation is 1. The molecule has 0 saturated heterocycles. The second-order valence-electron chi connectivity index (χ2n) is 3.57. The van der Waals surface area contributed by atoms with Gasteiger partial charge in [0.15, 0.2) is 5.82 Å². The lowest BCUT2D eigenvalue weighted by Gasteiger charge is -1.98. The van der Waals surface area contributed by atoms with Crippen molar-refractivity contribution in [3.8, 4) is 0 Å². The summed E-state index contributed by atoms with van der Waals surface area (Å²) in [6.45, 7) is 2.08. The Morgan fingerprint density at radius 2 is 2.35 bits per heavy atom. The van der Waals surface area contributed by atoms with Gasteiger partial charge in [0.2, 0.25) is 0 Å². The lowest BCUT2D eigenvalue weighted by atomic mass is 10.2. The van der Waals surface area contributed by atoms with Crippen LogP contribution in [0.15, 0.2) is 24.7 Å². The Bertz CT molecular complexity index is 494. The number of aromatic nitrogens is 4. The zero-order valence-electron chi connectivity index (χ0n) is 9.47. The number of H-pyrrole nitrogens is 1. The Hall–Kier alpha value is -2.24. The molecule has 0 radical (unpaired) electrons. The molecule has 6 heteroatoms. The first-order valence-corrected chi connectivity index (χ1v) is 5.41. The molecular weight excluding hydrogens is 218 g/mol. The summed E-state index contributed by atoms with van der Waals surface area (Å²) in [6.07, 6.45) is 6.34. The maximum absolute atomic E-state index is 11.7. The van der Waals surface area contributed by atoms with Crippen molar-refractivity contribution in [3.63, 3.8) is 0 Å². The van der Waals surface area contributed by atoms with Crippen LogP contribution in [0.3, 0.4) is 0 Å². The Morgan fingerprint density at radius 3 is 3.06 bits per heavy atom. The fraction of sp³-hybridized carbons (Fsp3) is 0.273. The van der Waals surface area contributed by atoms with Gasteiger partial charge in [-0.1, -0.05) is 13.3 Å². The van der Waals surface area contributed by atoms with Crippen molar-refractivity contribution >= 4 is 11.7 Å². The van der Waals surface area contributed by atoms with Crippen LogP contribution < -0.4 is 5.32 Å². The van der Waals surface area contributed by atoms with Crippen LogP contribution in [0.25, 0.3) is 0 Å². The van der Waals surface area contributed by atoms with E-state index in [1.807, 2.05) is 6.07 Å². The molecule has 0 aromatic carbocycles. The molecule has 1 amide bonds. The lowest BCUT2D eigenvalue weighted by Crippen LogP contribution is -2.13. The first-order valence-electron chi connectivity index (χ1n) is 5.41. The van der Waals surface area contributed by atoms with Crippen LogP contribution in [0, 0.1) is 0 Å². The number of hydrogen-bond acceptors (Lipinski definition) is 4. The van der Waals surface area contributed by atoms with Crippen molar-refractivity contribution in [3.05, 3.63) is 36.0 Å². The molecule has 2 aromatic rings. The largest absolute Gasteiger partial charge is 0.304 e. The van der Waals surface area contributed by atoms with E-state index in [0.29, 0.717) is 5.82 Å². The normalized spacial score (nSPS) is 10.2. The van der Waals surface area contributed by atoms with Crippen molar-refractivity contribution < 1.29 is 4.79 Å². The first-order chi connectivity index (χ1) is 8.29. The van der Waals surface area contributed by atoms with Crippen LogP contribution in [0.2, 0.25) is 0 Å². The van der Waals surface area contributed by atoms with E-state index in [1.54, 1.807) is 0 Å². The highest BCUT2D eigenvalue weighted by Crippen LogP contribution is 2.08. The number of carbonyl (C=O) groups is 1. The van der Waals surface area contributed by atoms with E-state index in [9.17, 15) is 4.79 Å². The minimum absolute atomic E-state index is 0.271. The third-order valence-electron chi connectivity index (χ3n) is 2.19. The van der Waals surface area contributed by atoms with Crippen LogP contribution in [0.1, 0.15) is 29.5 Å². The third-order valence-corrected chi connectivity index (χ3v) is 2.19. The van der Waals surface area contributed by atoms with E-state index in [1.165, 1.54) is 18.6 Å². The highest BCUT2D eigenvalue weighted by molar-refractivity contribution is 6.02. The fourth-order valence-corrected chi connectivity index (χ4v) is 1.42. The van der Waals surface area contributed by atoms with Crippen molar-refractivity contribution in [1.82, 2.24) is 20.2 Å². The molecule has 0 saturated carbocycles.